The molecule has 0 spiro atoms. The highest BCUT2D eigenvalue weighted by Gasteiger charge is 2.28. The average Bonchev–Trinajstić information content (AvgIpc) is 3.75. The van der Waals surface area contributed by atoms with Crippen molar-refractivity contribution in [2.75, 3.05) is 6.54 Å². The lowest BCUT2D eigenvalue weighted by molar-refractivity contribution is -0.129. The second kappa shape index (κ2) is 13.0. The van der Waals surface area contributed by atoms with Crippen molar-refractivity contribution in [1.82, 2.24) is 5.32 Å². The zero-order chi connectivity index (χ0) is 27.2. The molecule has 4 aliphatic rings. The van der Waals surface area contributed by atoms with Gasteiger partial charge in [0.05, 0.1) is 17.7 Å². The van der Waals surface area contributed by atoms with Gasteiger partial charge in [0.25, 0.3) is 0 Å². The minimum atomic E-state index is -0.754. The third-order valence-electron chi connectivity index (χ3n) is 8.67. The summed E-state index contributed by atoms with van der Waals surface area (Å²) in [6.07, 6.45) is 19.9. The molecule has 208 valence electrons. The standard InChI is InChI=1S/C33H42FN3O2/c1-22(38)30(13-9-24-17-27(25-10-11-25)20-28(34)18-24)33(39)37-29-7-4-5-23(8-12-29)19-32-31-21-35-16-14-26(31)6-2-3-15-36-32/h2-3,15,17-23,25,29-30,38H,4-14,16H2,1H3,(H,37,39)/b3-2+,32-19+,36-15-. The van der Waals surface area contributed by atoms with Gasteiger partial charge in [-0.25, -0.2) is 4.39 Å². The van der Waals surface area contributed by atoms with Crippen molar-refractivity contribution in [3.8, 4) is 0 Å². The fourth-order valence-corrected chi connectivity index (χ4v) is 6.20. The summed E-state index contributed by atoms with van der Waals surface area (Å²) in [5.41, 5.74) is 5.60. The Labute approximate surface area is 232 Å². The number of amides is 1. The lowest BCUT2D eigenvalue weighted by Crippen LogP contribution is -2.42. The number of nitrogens with one attached hydrogen (secondary N) is 1. The van der Waals surface area contributed by atoms with Crippen LogP contribution in [0.2, 0.25) is 0 Å². The van der Waals surface area contributed by atoms with Crippen LogP contribution in [0.25, 0.3) is 0 Å². The highest BCUT2D eigenvalue weighted by atomic mass is 19.1. The number of carbonyl (C=O) groups excluding carboxylic acids is 1. The number of allylic oxidation sites excluding steroid dienone is 4. The maximum Gasteiger partial charge on any atom is 0.225 e. The number of nitrogens with zero attached hydrogens (tertiary/aromatic N) is 2. The highest BCUT2D eigenvalue weighted by Crippen LogP contribution is 2.40. The van der Waals surface area contributed by atoms with Crippen LogP contribution in [0.3, 0.4) is 0 Å². The van der Waals surface area contributed by atoms with Crippen LogP contribution in [-0.2, 0) is 11.2 Å². The number of hydrogen-bond acceptors (Lipinski definition) is 4. The fraction of sp³-hybridized carbons (Fsp3) is 0.545. The SMILES string of the molecule is CC(O)C(CCc1cc(F)cc(C2CC2)c1)C(=O)NC1CCCC(/C=C2/N=C\C=C\CC3=C2C=NCC3)CC1. The zero-order valence-corrected chi connectivity index (χ0v) is 23.1. The van der Waals surface area contributed by atoms with E-state index in [1.54, 1.807) is 19.1 Å². The predicted molar refractivity (Wildman–Crippen MR) is 156 cm³/mol. The molecule has 4 atom stereocenters. The van der Waals surface area contributed by atoms with Crippen LogP contribution < -0.4 is 5.32 Å². The molecule has 1 aromatic rings. The lowest BCUT2D eigenvalue weighted by atomic mass is 9.92. The van der Waals surface area contributed by atoms with E-state index in [2.05, 4.69) is 28.5 Å². The summed E-state index contributed by atoms with van der Waals surface area (Å²) < 4.78 is 14.2. The van der Waals surface area contributed by atoms with Gasteiger partial charge in [-0.1, -0.05) is 30.2 Å². The number of aliphatic imine (C=N–C) groups is 2. The van der Waals surface area contributed by atoms with E-state index in [0.29, 0.717) is 24.7 Å². The molecule has 0 bridgehead atoms. The summed E-state index contributed by atoms with van der Waals surface area (Å²) in [5.74, 6) is 0.0885. The Hall–Kier alpha value is -2.86. The minimum absolute atomic E-state index is 0.0877. The smallest absolute Gasteiger partial charge is 0.225 e. The van der Waals surface area contributed by atoms with Crippen LogP contribution in [0.15, 0.2) is 63.3 Å². The van der Waals surface area contributed by atoms with E-state index in [0.717, 1.165) is 81.2 Å². The van der Waals surface area contributed by atoms with Gasteiger partial charge in [-0.15, -0.1) is 0 Å². The van der Waals surface area contributed by atoms with Crippen molar-refractivity contribution in [2.45, 2.75) is 95.6 Å². The molecule has 5 rings (SSSR count). The molecule has 2 aliphatic heterocycles. The average molecular weight is 532 g/mol. The Morgan fingerprint density at radius 3 is 2.87 bits per heavy atom. The van der Waals surface area contributed by atoms with Gasteiger partial charge in [-0.05, 0) is 112 Å². The second-order valence-electron chi connectivity index (χ2n) is 11.8. The van der Waals surface area contributed by atoms with Gasteiger partial charge in [0.2, 0.25) is 5.91 Å². The summed E-state index contributed by atoms with van der Waals surface area (Å²) in [5, 5.41) is 13.7. The number of aliphatic hydroxyl groups is 1. The lowest BCUT2D eigenvalue weighted by Gasteiger charge is -2.24. The summed E-state index contributed by atoms with van der Waals surface area (Å²) in [4.78, 5) is 22.5. The van der Waals surface area contributed by atoms with E-state index in [9.17, 15) is 14.3 Å². The topological polar surface area (TPSA) is 74.0 Å². The van der Waals surface area contributed by atoms with Gasteiger partial charge in [-0.3, -0.25) is 14.8 Å². The van der Waals surface area contributed by atoms with Gasteiger partial charge >= 0.3 is 0 Å². The molecule has 0 saturated heterocycles. The van der Waals surface area contributed by atoms with Crippen LogP contribution in [0.5, 0.6) is 0 Å². The van der Waals surface area contributed by atoms with Crippen molar-refractivity contribution in [3.05, 3.63) is 70.2 Å². The molecule has 5 nitrogen and oxygen atoms in total. The highest BCUT2D eigenvalue weighted by molar-refractivity contribution is 5.88. The molecule has 2 N–H and O–H groups in total. The first kappa shape index (κ1) is 27.7. The molecular formula is C33H42FN3O2. The second-order valence-corrected chi connectivity index (χ2v) is 11.8. The van der Waals surface area contributed by atoms with Crippen LogP contribution in [0.1, 0.15) is 88.2 Å². The van der Waals surface area contributed by atoms with E-state index >= 15 is 0 Å². The molecule has 4 unspecified atom stereocenters. The van der Waals surface area contributed by atoms with Crippen LogP contribution in [-0.4, -0.2) is 42.1 Å². The van der Waals surface area contributed by atoms with E-state index in [1.807, 2.05) is 18.5 Å². The van der Waals surface area contributed by atoms with Crippen molar-refractivity contribution >= 4 is 18.3 Å². The Bertz CT molecular complexity index is 1190. The Balaban J connectivity index is 1.18. The Morgan fingerprint density at radius 2 is 2.05 bits per heavy atom. The van der Waals surface area contributed by atoms with Crippen LogP contribution in [0.4, 0.5) is 4.39 Å². The molecule has 2 fully saturated rings. The van der Waals surface area contributed by atoms with Gasteiger partial charge in [-0.2, -0.15) is 0 Å². The van der Waals surface area contributed by atoms with Crippen molar-refractivity contribution in [1.29, 1.82) is 0 Å². The molecular weight excluding hydrogens is 489 g/mol. The van der Waals surface area contributed by atoms with Gasteiger partial charge in [0.1, 0.15) is 5.82 Å². The summed E-state index contributed by atoms with van der Waals surface area (Å²) in [6.45, 7) is 2.54. The largest absolute Gasteiger partial charge is 0.393 e. The van der Waals surface area contributed by atoms with Crippen molar-refractivity contribution in [2.24, 2.45) is 21.8 Å². The quantitative estimate of drug-likeness (QED) is 0.382. The number of carbonyl (C=O) groups is 1. The van der Waals surface area contributed by atoms with Crippen LogP contribution in [0, 0.1) is 17.7 Å². The van der Waals surface area contributed by atoms with Crippen LogP contribution >= 0.6 is 0 Å². The van der Waals surface area contributed by atoms with Crippen molar-refractivity contribution < 1.29 is 14.3 Å². The first-order valence-corrected chi connectivity index (χ1v) is 14.9. The van der Waals surface area contributed by atoms with E-state index in [-0.39, 0.29) is 17.8 Å². The Kier molecular flexibility index (Phi) is 9.23. The maximum absolute atomic E-state index is 14.2. The molecule has 0 aromatic heterocycles. The third-order valence-corrected chi connectivity index (χ3v) is 8.67. The van der Waals surface area contributed by atoms with E-state index < -0.39 is 12.0 Å². The normalized spacial score (nSPS) is 27.6. The number of hydrogen-bond donors (Lipinski definition) is 2. The van der Waals surface area contributed by atoms with Crippen molar-refractivity contribution in [3.63, 3.8) is 0 Å². The first-order valence-electron chi connectivity index (χ1n) is 14.9. The monoisotopic (exact) mass is 531 g/mol. The number of dihydropyridines is 1. The fourth-order valence-electron chi connectivity index (χ4n) is 6.20. The third kappa shape index (κ3) is 7.63. The Morgan fingerprint density at radius 1 is 1.18 bits per heavy atom. The van der Waals surface area contributed by atoms with Gasteiger partial charge in [0, 0.05) is 30.6 Å². The molecule has 1 amide bonds. The molecule has 6 heteroatoms. The maximum atomic E-state index is 14.2. The predicted octanol–water partition coefficient (Wildman–Crippen LogP) is 6.38. The summed E-state index contributed by atoms with van der Waals surface area (Å²) in [6, 6.07) is 5.38. The van der Waals surface area contributed by atoms with E-state index in [1.165, 1.54) is 11.1 Å². The van der Waals surface area contributed by atoms with Gasteiger partial charge in [0.15, 0.2) is 0 Å². The molecule has 1 aromatic carbocycles. The molecule has 2 saturated carbocycles. The summed E-state index contributed by atoms with van der Waals surface area (Å²) >= 11 is 0. The first-order chi connectivity index (χ1) is 19.0. The molecule has 2 aliphatic carbocycles. The molecule has 0 radical (unpaired) electrons. The van der Waals surface area contributed by atoms with E-state index in [4.69, 9.17) is 4.99 Å². The van der Waals surface area contributed by atoms with Gasteiger partial charge < -0.3 is 10.4 Å². The number of aryl methyl sites for hydroxylation is 1. The zero-order valence-electron chi connectivity index (χ0n) is 23.1. The molecule has 2 heterocycles. The molecule has 39 heavy (non-hydrogen) atoms. The number of rotatable bonds is 8. The summed E-state index contributed by atoms with van der Waals surface area (Å²) in [7, 11) is 0. The minimum Gasteiger partial charge on any atom is -0.393 e. The number of aliphatic hydroxyl groups excluding tert-OH is 1. The number of benzene rings is 1. The number of halogens is 1.